The summed E-state index contributed by atoms with van der Waals surface area (Å²) in [5.74, 6) is 0.190. The van der Waals surface area contributed by atoms with Crippen molar-refractivity contribution >= 4 is 19.8 Å². The van der Waals surface area contributed by atoms with Crippen LogP contribution in [0.5, 0.6) is 0 Å². The van der Waals surface area contributed by atoms with Gasteiger partial charge in [0.05, 0.1) is 11.8 Å². The van der Waals surface area contributed by atoms with Gasteiger partial charge in [0.15, 0.2) is 14.1 Å². The zero-order chi connectivity index (χ0) is 17.1. The van der Waals surface area contributed by atoms with E-state index in [0.717, 1.165) is 12.1 Å². The molecular weight excluding hydrogens is 298 g/mol. The van der Waals surface area contributed by atoms with Crippen molar-refractivity contribution in [1.29, 1.82) is 0 Å². The lowest BCUT2D eigenvalue weighted by atomic mass is 9.81. The van der Waals surface area contributed by atoms with E-state index in [1.807, 2.05) is 6.92 Å². The van der Waals surface area contributed by atoms with Gasteiger partial charge in [0.25, 0.3) is 0 Å². The highest BCUT2D eigenvalue weighted by Crippen LogP contribution is 2.40. The molecule has 0 aromatic rings. The molecule has 1 fully saturated rings. The number of ether oxygens (including phenoxy) is 1. The minimum atomic E-state index is -2.05. The molecule has 5 nitrogen and oxygen atoms in total. The second-order valence-electron chi connectivity index (χ2n) is 7.53. The van der Waals surface area contributed by atoms with E-state index in [1.54, 1.807) is 7.11 Å². The zero-order valence-electron chi connectivity index (χ0n) is 15.2. The summed E-state index contributed by atoms with van der Waals surface area (Å²) in [5, 5.41) is 4.08. The molecule has 0 saturated heterocycles. The number of methoxy groups -OCH3 is 1. The molecule has 0 aromatic heterocycles. The first-order chi connectivity index (χ1) is 10.0. The van der Waals surface area contributed by atoms with E-state index in [0.29, 0.717) is 6.42 Å². The van der Waals surface area contributed by atoms with Crippen molar-refractivity contribution in [2.75, 3.05) is 14.2 Å². The normalized spacial score (nSPS) is 27.9. The third kappa shape index (κ3) is 4.17. The predicted octanol–water partition coefficient (Wildman–Crippen LogP) is 3.39. The second kappa shape index (κ2) is 7.23. The quantitative estimate of drug-likeness (QED) is 0.441. The molecule has 1 saturated carbocycles. The molecule has 0 amide bonds. The van der Waals surface area contributed by atoms with Gasteiger partial charge in [-0.25, -0.2) is 0 Å². The average Bonchev–Trinajstić information content (AvgIpc) is 2.39. The van der Waals surface area contributed by atoms with Gasteiger partial charge in [0.1, 0.15) is 13.2 Å². The monoisotopic (exact) mass is 329 g/mol. The lowest BCUT2D eigenvalue weighted by molar-refractivity contribution is -0.139. The maximum atomic E-state index is 12.4. The number of carbonyl (C=O) groups excluding carboxylic acids is 1. The van der Waals surface area contributed by atoms with Crippen LogP contribution in [0.15, 0.2) is 5.16 Å². The molecule has 0 N–H and O–H groups in total. The standard InChI is InChI=1S/C16H31NO4Si/c1-11(17-20-6)12-9-10-13(18)15(14(12)19-5)21-22(7,8)16(2,3)4/h12,14-15H,9-10H2,1-8H3/b17-11+/t12-,14-,15-/m0/s1. The van der Waals surface area contributed by atoms with Crippen LogP contribution in [0.1, 0.15) is 40.5 Å². The van der Waals surface area contributed by atoms with Gasteiger partial charge >= 0.3 is 0 Å². The summed E-state index contributed by atoms with van der Waals surface area (Å²) in [6.45, 7) is 12.7. The molecule has 0 aliphatic heterocycles. The molecule has 1 aliphatic rings. The molecule has 0 bridgehead atoms. The van der Waals surface area contributed by atoms with Gasteiger partial charge in [-0.3, -0.25) is 4.79 Å². The third-order valence-electron chi connectivity index (χ3n) is 4.99. The Balaban J connectivity index is 3.04. The molecule has 0 spiro atoms. The van der Waals surface area contributed by atoms with Gasteiger partial charge in [-0.15, -0.1) is 0 Å². The summed E-state index contributed by atoms with van der Waals surface area (Å²) in [5.41, 5.74) is 0.852. The second-order valence-corrected chi connectivity index (χ2v) is 12.3. The van der Waals surface area contributed by atoms with E-state index in [2.05, 4.69) is 39.0 Å². The molecule has 6 heteroatoms. The van der Waals surface area contributed by atoms with Crippen LogP contribution in [0.25, 0.3) is 0 Å². The number of ketones is 1. The van der Waals surface area contributed by atoms with Crippen molar-refractivity contribution in [3.63, 3.8) is 0 Å². The molecule has 0 aromatic carbocycles. The van der Waals surface area contributed by atoms with Crippen molar-refractivity contribution in [3.05, 3.63) is 0 Å². The van der Waals surface area contributed by atoms with E-state index in [4.69, 9.17) is 14.0 Å². The van der Waals surface area contributed by atoms with E-state index < -0.39 is 14.4 Å². The molecule has 0 radical (unpaired) electrons. The fraction of sp³-hybridized carbons (Fsp3) is 0.875. The third-order valence-corrected chi connectivity index (χ3v) is 9.44. The van der Waals surface area contributed by atoms with Crippen LogP contribution in [-0.4, -0.2) is 46.2 Å². The molecule has 128 valence electrons. The van der Waals surface area contributed by atoms with E-state index in [-0.39, 0.29) is 22.8 Å². The minimum Gasteiger partial charge on any atom is -0.404 e. The molecule has 1 rings (SSSR count). The van der Waals surface area contributed by atoms with Crippen LogP contribution >= 0.6 is 0 Å². The van der Waals surface area contributed by atoms with Crippen molar-refractivity contribution < 1.29 is 18.8 Å². The van der Waals surface area contributed by atoms with E-state index >= 15 is 0 Å². The molecule has 0 heterocycles. The first-order valence-electron chi connectivity index (χ1n) is 7.86. The van der Waals surface area contributed by atoms with Crippen LogP contribution < -0.4 is 0 Å². The fourth-order valence-corrected chi connectivity index (χ4v) is 3.83. The SMILES string of the molecule is CO/N=C(\C)[C@@H]1CCC(=O)[C@H](O[Si](C)(C)C(C)(C)C)[C@H]1OC. The molecular formula is C16H31NO4Si. The maximum Gasteiger partial charge on any atom is 0.193 e. The topological polar surface area (TPSA) is 57.1 Å². The summed E-state index contributed by atoms with van der Waals surface area (Å²) in [4.78, 5) is 17.3. The largest absolute Gasteiger partial charge is 0.404 e. The lowest BCUT2D eigenvalue weighted by Crippen LogP contribution is -2.55. The number of Topliss-reactive ketones (excluding diaryl/α,β-unsaturated/α-hetero) is 1. The molecule has 3 atom stereocenters. The van der Waals surface area contributed by atoms with Crippen molar-refractivity contribution in [3.8, 4) is 0 Å². The van der Waals surface area contributed by atoms with Crippen molar-refractivity contribution in [2.24, 2.45) is 11.1 Å². The van der Waals surface area contributed by atoms with Crippen molar-refractivity contribution in [1.82, 2.24) is 0 Å². The Morgan fingerprint density at radius 3 is 2.32 bits per heavy atom. The van der Waals surface area contributed by atoms with Crippen LogP contribution in [0, 0.1) is 5.92 Å². The van der Waals surface area contributed by atoms with Gasteiger partial charge in [-0.2, -0.15) is 0 Å². The van der Waals surface area contributed by atoms with Crippen molar-refractivity contribution in [2.45, 2.75) is 70.9 Å². The molecule has 1 aliphatic carbocycles. The van der Waals surface area contributed by atoms with Gasteiger partial charge < -0.3 is 14.0 Å². The van der Waals surface area contributed by atoms with Gasteiger partial charge in [-0.1, -0.05) is 25.9 Å². The van der Waals surface area contributed by atoms with Crippen LogP contribution in [0.2, 0.25) is 18.1 Å². The van der Waals surface area contributed by atoms with Crippen LogP contribution in [0.4, 0.5) is 0 Å². The van der Waals surface area contributed by atoms with Gasteiger partial charge in [0, 0.05) is 19.4 Å². The van der Waals surface area contributed by atoms with Gasteiger partial charge in [0.2, 0.25) is 0 Å². The highest BCUT2D eigenvalue weighted by molar-refractivity contribution is 6.74. The first kappa shape index (κ1) is 19.3. The number of hydrogen-bond donors (Lipinski definition) is 0. The summed E-state index contributed by atoms with van der Waals surface area (Å²) in [6, 6.07) is 0. The summed E-state index contributed by atoms with van der Waals surface area (Å²) >= 11 is 0. The maximum absolute atomic E-state index is 12.4. The van der Waals surface area contributed by atoms with Crippen LogP contribution in [-0.2, 0) is 18.8 Å². The number of hydrogen-bond acceptors (Lipinski definition) is 5. The Kier molecular flexibility index (Phi) is 6.35. The number of carbonyl (C=O) groups is 1. The number of nitrogens with zero attached hydrogens (tertiary/aromatic N) is 1. The highest BCUT2D eigenvalue weighted by Gasteiger charge is 2.47. The van der Waals surface area contributed by atoms with E-state index in [9.17, 15) is 4.79 Å². The zero-order valence-corrected chi connectivity index (χ0v) is 16.2. The Labute approximate surface area is 135 Å². The van der Waals surface area contributed by atoms with Gasteiger partial charge in [-0.05, 0) is 31.5 Å². The number of oxime groups is 1. The predicted molar refractivity (Wildman–Crippen MR) is 90.7 cm³/mol. The summed E-state index contributed by atoms with van der Waals surface area (Å²) < 4.78 is 12.0. The average molecular weight is 330 g/mol. The molecule has 22 heavy (non-hydrogen) atoms. The first-order valence-corrected chi connectivity index (χ1v) is 10.8. The fourth-order valence-electron chi connectivity index (χ4n) is 2.57. The Bertz CT molecular complexity index is 428. The Morgan fingerprint density at radius 2 is 1.86 bits per heavy atom. The Morgan fingerprint density at radius 1 is 1.27 bits per heavy atom. The minimum absolute atomic E-state index is 0.0498. The van der Waals surface area contributed by atoms with E-state index in [1.165, 1.54) is 7.11 Å². The summed E-state index contributed by atoms with van der Waals surface area (Å²) in [6.07, 6.45) is 0.425. The van der Waals surface area contributed by atoms with Crippen LogP contribution in [0.3, 0.4) is 0 Å². The Hall–Kier alpha value is -0.723. The molecule has 0 unspecified atom stereocenters. The lowest BCUT2D eigenvalue weighted by Gasteiger charge is -2.43. The number of rotatable bonds is 5. The summed E-state index contributed by atoms with van der Waals surface area (Å²) in [7, 11) is 1.12. The smallest absolute Gasteiger partial charge is 0.193 e. The highest BCUT2D eigenvalue weighted by atomic mass is 28.4.